The Hall–Kier alpha value is -4.42. The van der Waals surface area contributed by atoms with Crippen LogP contribution in [-0.2, 0) is 20.1 Å². The number of carbonyl (C=O) groups excluding carboxylic acids is 3. The topological polar surface area (TPSA) is 123 Å². The molecule has 9 nitrogen and oxygen atoms in total. The zero-order chi connectivity index (χ0) is 27.5. The summed E-state index contributed by atoms with van der Waals surface area (Å²) in [7, 11) is 1.26. The lowest BCUT2D eigenvalue weighted by Crippen LogP contribution is -2.29. The van der Waals surface area contributed by atoms with Crippen molar-refractivity contribution in [2.75, 3.05) is 12.0 Å². The van der Waals surface area contributed by atoms with Crippen molar-refractivity contribution in [3.8, 4) is 0 Å². The first-order valence-electron chi connectivity index (χ1n) is 11.5. The number of aromatic nitrogens is 3. The number of nitrogens with zero attached hydrogens (tertiary/aromatic N) is 4. The Morgan fingerprint density at radius 2 is 1.72 bits per heavy atom. The normalized spacial score (nSPS) is 16.5. The summed E-state index contributed by atoms with van der Waals surface area (Å²) < 4.78 is 18.5. The number of rotatable bonds is 7. The second-order valence-electron chi connectivity index (χ2n) is 8.28. The molecule has 5 rings (SSSR count). The molecule has 1 amide bonds. The average molecular weight is 563 g/mol. The maximum atomic E-state index is 13.3. The summed E-state index contributed by atoms with van der Waals surface area (Å²) in [5.74, 6) is -2.51. The lowest BCUT2D eigenvalue weighted by molar-refractivity contribution is -0.132. The fraction of sp³-hybridized carbons (Fsp3) is 0.111. The van der Waals surface area contributed by atoms with Crippen LogP contribution < -0.4 is 4.90 Å². The SMILES string of the molecule is COC(=O)c1ccc(C2C(=C(O)c3ccncc3)C(=O)C(=O)N2c2nnc(SCc3ccc(F)cc3)s2)cc1. The minimum atomic E-state index is -1.03. The van der Waals surface area contributed by atoms with Crippen molar-refractivity contribution in [2.24, 2.45) is 0 Å². The number of pyridine rings is 1. The van der Waals surface area contributed by atoms with Gasteiger partial charge in [-0.3, -0.25) is 19.5 Å². The minimum absolute atomic E-state index is 0.132. The first kappa shape index (κ1) is 26.2. The van der Waals surface area contributed by atoms with Gasteiger partial charge in [0.15, 0.2) is 4.34 Å². The van der Waals surface area contributed by atoms with Gasteiger partial charge in [0.05, 0.1) is 24.3 Å². The molecule has 0 radical (unpaired) electrons. The van der Waals surface area contributed by atoms with Crippen LogP contribution in [0.25, 0.3) is 5.76 Å². The van der Waals surface area contributed by atoms with Crippen LogP contribution in [0.15, 0.2) is 83.0 Å². The number of ketones is 1. The highest BCUT2D eigenvalue weighted by molar-refractivity contribution is 8.00. The number of halogens is 1. The van der Waals surface area contributed by atoms with Gasteiger partial charge in [-0.2, -0.15) is 0 Å². The zero-order valence-electron chi connectivity index (χ0n) is 20.3. The number of Topliss-reactive ketones (excluding diaryl/α,β-unsaturated/α-hetero) is 1. The van der Waals surface area contributed by atoms with E-state index in [9.17, 15) is 23.9 Å². The molecule has 0 saturated carbocycles. The van der Waals surface area contributed by atoms with E-state index in [1.165, 1.54) is 72.6 Å². The summed E-state index contributed by atoms with van der Waals surface area (Å²) in [6.45, 7) is 0. The highest BCUT2D eigenvalue weighted by Crippen LogP contribution is 2.44. The van der Waals surface area contributed by atoms with Crippen LogP contribution in [0.3, 0.4) is 0 Å². The van der Waals surface area contributed by atoms with E-state index in [0.29, 0.717) is 21.2 Å². The average Bonchev–Trinajstić information content (AvgIpc) is 3.54. The molecule has 0 spiro atoms. The number of thioether (sulfide) groups is 1. The van der Waals surface area contributed by atoms with Gasteiger partial charge < -0.3 is 9.84 Å². The van der Waals surface area contributed by atoms with Crippen molar-refractivity contribution >= 4 is 51.6 Å². The maximum Gasteiger partial charge on any atom is 0.337 e. The number of hydrogen-bond donors (Lipinski definition) is 1. The molecule has 2 aromatic heterocycles. The zero-order valence-corrected chi connectivity index (χ0v) is 21.9. The smallest absolute Gasteiger partial charge is 0.337 e. The molecule has 39 heavy (non-hydrogen) atoms. The molecular weight excluding hydrogens is 543 g/mol. The quantitative estimate of drug-likeness (QED) is 0.0847. The van der Waals surface area contributed by atoms with E-state index in [1.807, 2.05) is 0 Å². The Bertz CT molecular complexity index is 1570. The lowest BCUT2D eigenvalue weighted by atomic mass is 9.95. The number of anilines is 1. The summed E-state index contributed by atoms with van der Waals surface area (Å²) in [5, 5.41) is 19.6. The van der Waals surface area contributed by atoms with Crippen LogP contribution in [0.1, 0.15) is 33.1 Å². The van der Waals surface area contributed by atoms with Crippen molar-refractivity contribution in [3.05, 3.63) is 107 Å². The first-order chi connectivity index (χ1) is 18.9. The second kappa shape index (κ2) is 11.1. The predicted octanol–water partition coefficient (Wildman–Crippen LogP) is 4.78. The van der Waals surface area contributed by atoms with Gasteiger partial charge in [0.25, 0.3) is 5.78 Å². The Kier molecular flexibility index (Phi) is 7.48. The third-order valence-corrected chi connectivity index (χ3v) is 8.05. The van der Waals surface area contributed by atoms with Crippen LogP contribution in [0.5, 0.6) is 0 Å². The molecule has 2 aromatic carbocycles. The minimum Gasteiger partial charge on any atom is -0.507 e. The van der Waals surface area contributed by atoms with E-state index in [0.717, 1.165) is 16.9 Å². The van der Waals surface area contributed by atoms with E-state index in [4.69, 9.17) is 4.74 Å². The number of carbonyl (C=O) groups is 3. The van der Waals surface area contributed by atoms with Gasteiger partial charge in [-0.25, -0.2) is 9.18 Å². The Morgan fingerprint density at radius 1 is 1.03 bits per heavy atom. The van der Waals surface area contributed by atoms with Crippen LogP contribution >= 0.6 is 23.1 Å². The summed E-state index contributed by atoms with van der Waals surface area (Å²) in [6, 6.07) is 14.3. The van der Waals surface area contributed by atoms with E-state index >= 15 is 0 Å². The molecule has 1 fully saturated rings. The van der Waals surface area contributed by atoms with Crippen molar-refractivity contribution in [1.29, 1.82) is 0 Å². The molecule has 1 atom stereocenters. The summed E-state index contributed by atoms with van der Waals surface area (Å²) in [5.41, 5.74) is 1.80. The molecule has 0 aliphatic carbocycles. The van der Waals surface area contributed by atoms with Gasteiger partial charge in [0.2, 0.25) is 5.13 Å². The number of hydrogen-bond acceptors (Lipinski definition) is 10. The monoisotopic (exact) mass is 562 g/mol. The van der Waals surface area contributed by atoms with Gasteiger partial charge >= 0.3 is 11.9 Å². The molecule has 4 aromatic rings. The molecular formula is C27H19FN4O5S2. The van der Waals surface area contributed by atoms with Crippen molar-refractivity contribution < 1.29 is 28.6 Å². The number of esters is 1. The Labute approximate surface area is 230 Å². The van der Waals surface area contributed by atoms with Crippen molar-refractivity contribution in [3.63, 3.8) is 0 Å². The number of ether oxygens (including phenoxy) is 1. The largest absolute Gasteiger partial charge is 0.507 e. The molecule has 1 unspecified atom stereocenters. The molecule has 1 saturated heterocycles. The van der Waals surface area contributed by atoms with E-state index in [-0.39, 0.29) is 27.8 Å². The molecule has 1 N–H and O–H groups in total. The van der Waals surface area contributed by atoms with Crippen LogP contribution in [0.2, 0.25) is 0 Å². The summed E-state index contributed by atoms with van der Waals surface area (Å²) >= 11 is 2.46. The highest BCUT2D eigenvalue weighted by atomic mass is 32.2. The molecule has 0 bridgehead atoms. The van der Waals surface area contributed by atoms with Crippen molar-refractivity contribution in [1.82, 2.24) is 15.2 Å². The third-order valence-electron chi connectivity index (χ3n) is 5.92. The van der Waals surface area contributed by atoms with Gasteiger partial charge in [-0.05, 0) is 47.5 Å². The van der Waals surface area contributed by atoms with Crippen LogP contribution in [-0.4, -0.2) is 45.1 Å². The van der Waals surface area contributed by atoms with Gasteiger partial charge in [-0.1, -0.05) is 47.4 Å². The molecule has 1 aliphatic heterocycles. The van der Waals surface area contributed by atoms with Gasteiger partial charge in [-0.15, -0.1) is 10.2 Å². The van der Waals surface area contributed by atoms with E-state index < -0.39 is 23.7 Å². The number of amides is 1. The molecule has 1 aliphatic rings. The summed E-state index contributed by atoms with van der Waals surface area (Å²) in [4.78, 5) is 43.7. The summed E-state index contributed by atoms with van der Waals surface area (Å²) in [6.07, 6.45) is 2.92. The second-order valence-corrected chi connectivity index (χ2v) is 10.5. The standard InChI is InChI=1S/C27H19FN4O5S2/c1-37-25(36)18-6-4-16(5-7-18)21-20(22(33)17-10-12-29-13-11-17)23(34)24(35)32(21)26-30-31-27(39-26)38-14-15-2-8-19(28)9-3-15/h2-13,21,33H,14H2,1H3. The van der Waals surface area contributed by atoms with E-state index in [1.54, 1.807) is 24.3 Å². The number of aliphatic hydroxyl groups is 1. The van der Waals surface area contributed by atoms with Gasteiger partial charge in [0.1, 0.15) is 11.6 Å². The van der Waals surface area contributed by atoms with Crippen LogP contribution in [0, 0.1) is 5.82 Å². The fourth-order valence-corrected chi connectivity index (χ4v) is 5.84. The number of benzene rings is 2. The molecule has 3 heterocycles. The predicted molar refractivity (Wildman–Crippen MR) is 143 cm³/mol. The molecule has 12 heteroatoms. The Balaban J connectivity index is 1.53. The van der Waals surface area contributed by atoms with Crippen molar-refractivity contribution in [2.45, 2.75) is 16.1 Å². The maximum absolute atomic E-state index is 13.3. The van der Waals surface area contributed by atoms with E-state index in [2.05, 4.69) is 15.2 Å². The van der Waals surface area contributed by atoms with Gasteiger partial charge in [0, 0.05) is 23.7 Å². The number of aliphatic hydroxyl groups excluding tert-OH is 1. The third kappa shape index (κ3) is 5.29. The fourth-order valence-electron chi connectivity index (χ4n) is 4.01. The highest BCUT2D eigenvalue weighted by Gasteiger charge is 2.48. The lowest BCUT2D eigenvalue weighted by Gasteiger charge is -2.22. The molecule has 196 valence electrons. The first-order valence-corrected chi connectivity index (χ1v) is 13.3. The Morgan fingerprint density at radius 3 is 2.38 bits per heavy atom. The number of methoxy groups -OCH3 is 1. The van der Waals surface area contributed by atoms with Crippen LogP contribution in [0.4, 0.5) is 9.52 Å².